The van der Waals surface area contributed by atoms with Crippen LogP contribution in [0.3, 0.4) is 0 Å². The van der Waals surface area contributed by atoms with Gasteiger partial charge < -0.3 is 9.32 Å². The number of carbonyl (C=O) groups excluding carboxylic acids is 1. The first-order chi connectivity index (χ1) is 13.8. The highest BCUT2D eigenvalue weighted by Crippen LogP contribution is 2.30. The summed E-state index contributed by atoms with van der Waals surface area (Å²) in [4.78, 5) is 15.3. The van der Waals surface area contributed by atoms with E-state index in [9.17, 15) is 13.4 Å². The fourth-order valence-electron chi connectivity index (χ4n) is 3.52. The molecule has 1 fully saturated rings. The van der Waals surface area contributed by atoms with Crippen LogP contribution in [0.4, 0.5) is 10.1 Å². The summed E-state index contributed by atoms with van der Waals surface area (Å²) in [5.74, 6) is -0.977. The number of aryl methyl sites for hydroxylation is 1. The van der Waals surface area contributed by atoms with Crippen molar-refractivity contribution in [3.63, 3.8) is 0 Å². The molecule has 2 heterocycles. The normalized spacial score (nSPS) is 14.9. The Balaban J connectivity index is 1.61. The lowest BCUT2D eigenvalue weighted by atomic mass is 10.0. The van der Waals surface area contributed by atoms with Crippen LogP contribution in [0.15, 0.2) is 45.7 Å². The van der Waals surface area contributed by atoms with E-state index in [-0.39, 0.29) is 17.1 Å². The maximum atomic E-state index is 14.5. The van der Waals surface area contributed by atoms with Crippen molar-refractivity contribution in [1.82, 2.24) is 4.72 Å². The molecule has 1 unspecified atom stereocenters. The van der Waals surface area contributed by atoms with Crippen molar-refractivity contribution in [3.05, 3.63) is 59.1 Å². The predicted molar refractivity (Wildman–Crippen MR) is 112 cm³/mol. The number of hydrogen-bond donors (Lipinski definition) is 1. The number of anilines is 1. The third-order valence-corrected chi connectivity index (χ3v) is 6.55. The van der Waals surface area contributed by atoms with Crippen molar-refractivity contribution in [1.29, 1.82) is 0 Å². The van der Waals surface area contributed by atoms with Crippen molar-refractivity contribution >= 4 is 33.5 Å². The minimum Gasteiger partial charge on any atom is -0.451 e. The van der Waals surface area contributed by atoms with Crippen LogP contribution in [0.2, 0.25) is 0 Å². The van der Waals surface area contributed by atoms with E-state index in [1.165, 1.54) is 12.1 Å². The van der Waals surface area contributed by atoms with Gasteiger partial charge >= 0.3 is 0 Å². The monoisotopic (exact) mass is 414 g/mol. The first-order valence-electron chi connectivity index (χ1n) is 9.65. The molecule has 7 heteroatoms. The number of benzene rings is 2. The fraction of sp³-hybridized carbons (Fsp3) is 0.318. The largest absolute Gasteiger partial charge is 0.451 e. The van der Waals surface area contributed by atoms with E-state index in [2.05, 4.69) is 4.72 Å². The van der Waals surface area contributed by atoms with Crippen LogP contribution in [-0.4, -0.2) is 23.2 Å². The summed E-state index contributed by atoms with van der Waals surface area (Å²) in [6.07, 6.45) is 1.08. The van der Waals surface area contributed by atoms with E-state index >= 15 is 0 Å². The molecule has 1 aliphatic heterocycles. The van der Waals surface area contributed by atoms with Crippen LogP contribution in [0, 0.1) is 12.7 Å². The summed E-state index contributed by atoms with van der Waals surface area (Å²) in [6.45, 7) is 7.64. The molecule has 1 saturated heterocycles. The average Bonchev–Trinajstić information content (AvgIpc) is 3.04. The van der Waals surface area contributed by atoms with Gasteiger partial charge in [-0.2, -0.15) is 0 Å². The van der Waals surface area contributed by atoms with Gasteiger partial charge in [0.25, 0.3) is 5.91 Å². The van der Waals surface area contributed by atoms with E-state index in [0.29, 0.717) is 10.5 Å². The molecule has 1 atom stereocenters. The molecule has 0 aliphatic carbocycles. The lowest BCUT2D eigenvalue weighted by Crippen LogP contribution is -2.36. The Bertz CT molecular complexity index is 1120. The fourth-order valence-corrected chi connectivity index (χ4v) is 4.77. The Morgan fingerprint density at radius 2 is 2.00 bits per heavy atom. The minimum absolute atomic E-state index is 0.0623. The van der Waals surface area contributed by atoms with Crippen LogP contribution >= 0.6 is 0 Å². The van der Waals surface area contributed by atoms with Crippen molar-refractivity contribution in [2.24, 2.45) is 0 Å². The molecule has 0 bridgehead atoms. The number of carbonyl (C=O) groups is 1. The number of hydrogen-bond acceptors (Lipinski definition) is 4. The van der Waals surface area contributed by atoms with Gasteiger partial charge in [0.1, 0.15) is 11.4 Å². The highest BCUT2D eigenvalue weighted by Gasteiger charge is 2.22. The number of rotatable bonds is 5. The molecule has 5 nitrogen and oxygen atoms in total. The molecule has 2 aromatic carbocycles. The SMILES string of the molecule is Cc1cccc(C(C)C)c1S(=O)NC(=O)c1cc2c(F)cc(N3CCC3)cc2o1. The van der Waals surface area contributed by atoms with Crippen LogP contribution in [0.25, 0.3) is 11.0 Å². The van der Waals surface area contributed by atoms with E-state index in [0.717, 1.165) is 36.3 Å². The maximum absolute atomic E-state index is 14.5. The first kappa shape index (κ1) is 19.6. The highest BCUT2D eigenvalue weighted by atomic mass is 32.2. The Labute approximate surface area is 171 Å². The molecule has 152 valence electrons. The second-order valence-electron chi connectivity index (χ2n) is 7.64. The van der Waals surface area contributed by atoms with Crippen LogP contribution in [0.1, 0.15) is 47.9 Å². The summed E-state index contributed by atoms with van der Waals surface area (Å²) in [5.41, 5.74) is 2.80. The first-order valence-corrected chi connectivity index (χ1v) is 10.8. The zero-order valence-corrected chi connectivity index (χ0v) is 17.4. The topological polar surface area (TPSA) is 62.6 Å². The second-order valence-corrected chi connectivity index (χ2v) is 8.79. The lowest BCUT2D eigenvalue weighted by molar-refractivity contribution is 0.0958. The number of nitrogens with one attached hydrogen (secondary N) is 1. The molecule has 1 N–H and O–H groups in total. The van der Waals surface area contributed by atoms with Gasteiger partial charge in [-0.15, -0.1) is 0 Å². The molecule has 1 aromatic heterocycles. The van der Waals surface area contributed by atoms with Crippen LogP contribution < -0.4 is 9.62 Å². The lowest BCUT2D eigenvalue weighted by Gasteiger charge is -2.33. The minimum atomic E-state index is -1.75. The van der Waals surface area contributed by atoms with Gasteiger partial charge in [0.15, 0.2) is 16.7 Å². The van der Waals surface area contributed by atoms with Gasteiger partial charge in [-0.05, 0) is 36.5 Å². The highest BCUT2D eigenvalue weighted by molar-refractivity contribution is 7.83. The van der Waals surface area contributed by atoms with Gasteiger partial charge in [0.05, 0.1) is 10.3 Å². The summed E-state index contributed by atoms with van der Waals surface area (Å²) in [7, 11) is -1.75. The molecule has 4 rings (SSSR count). The van der Waals surface area contributed by atoms with E-state index < -0.39 is 22.7 Å². The van der Waals surface area contributed by atoms with E-state index in [1.54, 1.807) is 6.07 Å². The second kappa shape index (κ2) is 7.63. The number of amides is 1. The molecule has 3 aromatic rings. The Hall–Kier alpha value is -2.67. The number of halogens is 1. The maximum Gasteiger partial charge on any atom is 0.298 e. The molecule has 29 heavy (non-hydrogen) atoms. The van der Waals surface area contributed by atoms with Crippen LogP contribution in [0.5, 0.6) is 0 Å². The van der Waals surface area contributed by atoms with Gasteiger partial charge in [-0.25, -0.2) is 8.60 Å². The smallest absolute Gasteiger partial charge is 0.298 e. The van der Waals surface area contributed by atoms with Crippen molar-refractivity contribution in [3.8, 4) is 0 Å². The van der Waals surface area contributed by atoms with Gasteiger partial charge in [-0.1, -0.05) is 32.0 Å². The van der Waals surface area contributed by atoms with E-state index in [4.69, 9.17) is 4.42 Å². The predicted octanol–water partition coefficient (Wildman–Crippen LogP) is 4.67. The number of fused-ring (bicyclic) bond motifs is 1. The van der Waals surface area contributed by atoms with Gasteiger partial charge in [0.2, 0.25) is 0 Å². The zero-order chi connectivity index (χ0) is 20.7. The number of furan rings is 1. The Morgan fingerprint density at radius 1 is 1.24 bits per heavy atom. The summed E-state index contributed by atoms with van der Waals surface area (Å²) in [5, 5.41) is 0.240. The van der Waals surface area contributed by atoms with Gasteiger partial charge in [-0.3, -0.25) is 9.52 Å². The molecular formula is C22H23FN2O3S. The van der Waals surface area contributed by atoms with Gasteiger partial charge in [0, 0.05) is 30.9 Å². The van der Waals surface area contributed by atoms with Crippen molar-refractivity contribution in [2.75, 3.05) is 18.0 Å². The van der Waals surface area contributed by atoms with Crippen molar-refractivity contribution < 1.29 is 17.8 Å². The zero-order valence-electron chi connectivity index (χ0n) is 16.6. The molecule has 1 amide bonds. The third-order valence-electron chi connectivity index (χ3n) is 5.25. The molecule has 0 saturated carbocycles. The summed E-state index contributed by atoms with van der Waals surface area (Å²) < 4.78 is 35.5. The quantitative estimate of drug-likeness (QED) is 0.659. The van der Waals surface area contributed by atoms with E-state index in [1.807, 2.05) is 43.9 Å². The number of nitrogens with zero attached hydrogens (tertiary/aromatic N) is 1. The van der Waals surface area contributed by atoms with Crippen LogP contribution in [-0.2, 0) is 11.0 Å². The molecule has 1 aliphatic rings. The molecule has 0 radical (unpaired) electrons. The summed E-state index contributed by atoms with van der Waals surface area (Å²) in [6, 6.07) is 10.2. The third kappa shape index (κ3) is 3.67. The molecular weight excluding hydrogens is 391 g/mol. The Morgan fingerprint density at radius 3 is 2.66 bits per heavy atom. The standard InChI is InChI=1S/C22H23FN2O3S/c1-13(2)16-7-4-6-14(3)21(16)29(27)24-22(26)20-12-17-18(23)10-15(11-19(17)28-20)25-8-5-9-25/h4,6-7,10-13H,5,8-9H2,1-3H3,(H,24,26). The Kier molecular flexibility index (Phi) is 5.17. The molecule has 0 spiro atoms. The average molecular weight is 415 g/mol. The van der Waals surface area contributed by atoms with Crippen molar-refractivity contribution in [2.45, 2.75) is 38.0 Å². The summed E-state index contributed by atoms with van der Waals surface area (Å²) >= 11 is 0.